The molecular formula is C16H29N5O7S2. The maximum Gasteiger partial charge on any atom is 0.326 e. The number of aliphatic hydroxyl groups excluding tert-OH is 1. The second-order valence-electron chi connectivity index (χ2n) is 6.28. The molecule has 30 heavy (non-hydrogen) atoms. The van der Waals surface area contributed by atoms with E-state index in [0.29, 0.717) is 5.75 Å². The maximum absolute atomic E-state index is 12.6. The molecule has 4 unspecified atom stereocenters. The van der Waals surface area contributed by atoms with Gasteiger partial charge in [0.25, 0.3) is 0 Å². The minimum Gasteiger partial charge on any atom is -0.480 e. The summed E-state index contributed by atoms with van der Waals surface area (Å²) in [6.07, 6.45) is 1.57. The molecule has 12 nitrogen and oxygen atoms in total. The summed E-state index contributed by atoms with van der Waals surface area (Å²) in [4.78, 5) is 59.0. The molecule has 0 heterocycles. The average Bonchev–Trinajstić information content (AvgIpc) is 2.70. The lowest BCUT2D eigenvalue weighted by atomic mass is 10.1. The highest BCUT2D eigenvalue weighted by molar-refractivity contribution is 7.98. The molecule has 0 saturated heterocycles. The van der Waals surface area contributed by atoms with E-state index in [0.717, 1.165) is 0 Å². The fourth-order valence-corrected chi connectivity index (χ4v) is 2.88. The Hall–Kier alpha value is -2.03. The number of carbonyl (C=O) groups excluding carboxylic acids is 4. The number of amides is 4. The predicted molar refractivity (Wildman–Crippen MR) is 114 cm³/mol. The van der Waals surface area contributed by atoms with Crippen LogP contribution in [0.3, 0.4) is 0 Å². The highest BCUT2D eigenvalue weighted by Gasteiger charge is 2.29. The summed E-state index contributed by atoms with van der Waals surface area (Å²) in [6.45, 7) is -0.605. The Morgan fingerprint density at radius 3 is 1.97 bits per heavy atom. The van der Waals surface area contributed by atoms with Gasteiger partial charge in [-0.2, -0.15) is 24.4 Å². The standard InChI is InChI=1S/C16H29N5O7S2/c1-30-5-4-9(19-13(24)8(17)6-22)14(25)21-11(7-29)15(26)20-10(16(27)28)2-3-12(18)23/h8-11,22,29H,2-7,17H2,1H3,(H2,18,23)(H,19,24)(H,20,26)(H,21,25)(H,27,28). The molecule has 0 fully saturated rings. The van der Waals surface area contributed by atoms with Gasteiger partial charge < -0.3 is 37.6 Å². The SMILES string of the molecule is CSCCC(NC(=O)C(N)CO)C(=O)NC(CS)C(=O)NC(CCC(N)=O)C(=O)O. The van der Waals surface area contributed by atoms with Gasteiger partial charge in [0.05, 0.1) is 6.61 Å². The van der Waals surface area contributed by atoms with Gasteiger partial charge in [-0.05, 0) is 24.9 Å². The van der Waals surface area contributed by atoms with E-state index in [1.165, 1.54) is 11.8 Å². The van der Waals surface area contributed by atoms with Gasteiger partial charge in [0.2, 0.25) is 23.6 Å². The molecule has 0 radical (unpaired) electrons. The highest BCUT2D eigenvalue weighted by atomic mass is 32.2. The van der Waals surface area contributed by atoms with Crippen LogP contribution in [0.25, 0.3) is 0 Å². The molecule has 0 bridgehead atoms. The minimum atomic E-state index is -1.38. The van der Waals surface area contributed by atoms with Crippen LogP contribution < -0.4 is 27.4 Å². The molecule has 0 aliphatic rings. The molecule has 0 aromatic rings. The van der Waals surface area contributed by atoms with Crippen LogP contribution in [0.1, 0.15) is 19.3 Å². The van der Waals surface area contributed by atoms with Gasteiger partial charge in [-0.1, -0.05) is 0 Å². The first-order valence-electron chi connectivity index (χ1n) is 8.95. The molecule has 0 rings (SSSR count). The second-order valence-corrected chi connectivity index (χ2v) is 7.63. The summed E-state index contributed by atoms with van der Waals surface area (Å²) < 4.78 is 0. The normalized spacial score (nSPS) is 14.7. The van der Waals surface area contributed by atoms with Gasteiger partial charge in [-0.3, -0.25) is 19.2 Å². The Morgan fingerprint density at radius 2 is 1.50 bits per heavy atom. The number of hydrogen-bond donors (Lipinski definition) is 8. The van der Waals surface area contributed by atoms with Crippen molar-refractivity contribution in [3.05, 3.63) is 0 Å². The quantitative estimate of drug-likeness (QED) is 0.114. The Balaban J connectivity index is 5.13. The van der Waals surface area contributed by atoms with Crippen molar-refractivity contribution in [3.8, 4) is 0 Å². The minimum absolute atomic E-state index is 0.154. The van der Waals surface area contributed by atoms with Gasteiger partial charge >= 0.3 is 5.97 Å². The smallest absolute Gasteiger partial charge is 0.326 e. The molecule has 172 valence electrons. The van der Waals surface area contributed by atoms with Crippen LogP contribution in [0, 0.1) is 0 Å². The van der Waals surface area contributed by atoms with Gasteiger partial charge in [-0.15, -0.1) is 0 Å². The second kappa shape index (κ2) is 14.9. The zero-order chi connectivity index (χ0) is 23.3. The van der Waals surface area contributed by atoms with Crippen molar-refractivity contribution < 1.29 is 34.2 Å². The Bertz CT molecular complexity index is 623. The largest absolute Gasteiger partial charge is 0.480 e. The summed E-state index contributed by atoms with van der Waals surface area (Å²) >= 11 is 5.43. The Labute approximate surface area is 183 Å². The lowest BCUT2D eigenvalue weighted by Crippen LogP contribution is -2.58. The van der Waals surface area contributed by atoms with E-state index in [2.05, 4.69) is 28.6 Å². The molecule has 4 atom stereocenters. The summed E-state index contributed by atoms with van der Waals surface area (Å²) in [7, 11) is 0. The monoisotopic (exact) mass is 467 g/mol. The number of primary amides is 1. The number of aliphatic carboxylic acids is 1. The van der Waals surface area contributed by atoms with Gasteiger partial charge in [-0.25, -0.2) is 4.79 Å². The van der Waals surface area contributed by atoms with E-state index in [1.807, 2.05) is 0 Å². The lowest BCUT2D eigenvalue weighted by Gasteiger charge is -2.24. The van der Waals surface area contributed by atoms with Crippen LogP contribution in [0.2, 0.25) is 0 Å². The van der Waals surface area contributed by atoms with E-state index in [1.54, 1.807) is 6.26 Å². The third-order valence-electron chi connectivity index (χ3n) is 3.89. The highest BCUT2D eigenvalue weighted by Crippen LogP contribution is 2.04. The van der Waals surface area contributed by atoms with Gasteiger partial charge in [0, 0.05) is 12.2 Å². The van der Waals surface area contributed by atoms with Crippen molar-refractivity contribution in [1.82, 2.24) is 16.0 Å². The van der Waals surface area contributed by atoms with Crippen LogP contribution in [-0.4, -0.2) is 88.3 Å². The molecule has 14 heteroatoms. The van der Waals surface area contributed by atoms with Crippen LogP contribution in [0.4, 0.5) is 0 Å². The zero-order valence-electron chi connectivity index (χ0n) is 16.5. The molecule has 0 aromatic heterocycles. The first-order valence-corrected chi connectivity index (χ1v) is 11.0. The van der Waals surface area contributed by atoms with E-state index >= 15 is 0 Å². The number of carboxylic acids is 1. The van der Waals surface area contributed by atoms with Crippen LogP contribution in [-0.2, 0) is 24.0 Å². The van der Waals surface area contributed by atoms with E-state index in [9.17, 15) is 29.1 Å². The summed E-state index contributed by atoms with van der Waals surface area (Å²) in [6, 6.07) is -4.81. The number of nitrogens with one attached hydrogen (secondary N) is 3. The number of carbonyl (C=O) groups is 5. The topological polar surface area (TPSA) is 214 Å². The van der Waals surface area contributed by atoms with Crippen LogP contribution in [0.5, 0.6) is 0 Å². The number of rotatable bonds is 15. The van der Waals surface area contributed by atoms with E-state index in [4.69, 9.17) is 16.6 Å². The van der Waals surface area contributed by atoms with Gasteiger partial charge in [0.1, 0.15) is 24.2 Å². The first-order chi connectivity index (χ1) is 14.1. The predicted octanol–water partition coefficient (Wildman–Crippen LogP) is -3.21. The number of hydrogen-bond acceptors (Lipinski definition) is 9. The molecule has 0 aliphatic carbocycles. The third-order valence-corrected chi connectivity index (χ3v) is 4.90. The molecular weight excluding hydrogens is 438 g/mol. The molecule has 0 spiro atoms. The number of nitrogens with two attached hydrogens (primary N) is 2. The lowest BCUT2D eigenvalue weighted by molar-refractivity contribution is -0.142. The summed E-state index contributed by atoms with van der Waals surface area (Å²) in [5.74, 6) is -3.97. The van der Waals surface area contributed by atoms with E-state index < -0.39 is 60.4 Å². The number of thioether (sulfide) groups is 1. The fraction of sp³-hybridized carbons (Fsp3) is 0.688. The summed E-state index contributed by atoms with van der Waals surface area (Å²) in [5, 5.41) is 25.2. The maximum atomic E-state index is 12.6. The molecule has 0 aliphatic heterocycles. The molecule has 9 N–H and O–H groups in total. The van der Waals surface area contributed by atoms with Crippen molar-refractivity contribution in [2.24, 2.45) is 11.5 Å². The van der Waals surface area contributed by atoms with Crippen molar-refractivity contribution in [1.29, 1.82) is 0 Å². The first kappa shape index (κ1) is 28.0. The molecule has 4 amide bonds. The number of thiol groups is 1. The van der Waals surface area contributed by atoms with E-state index in [-0.39, 0.29) is 25.0 Å². The summed E-state index contributed by atoms with van der Waals surface area (Å²) in [5.41, 5.74) is 10.4. The van der Waals surface area contributed by atoms with Crippen molar-refractivity contribution in [2.75, 3.05) is 24.4 Å². The molecule has 0 saturated carbocycles. The number of carboxylic acid groups (broad SMARTS) is 1. The van der Waals surface area contributed by atoms with Crippen LogP contribution in [0.15, 0.2) is 0 Å². The van der Waals surface area contributed by atoms with Crippen LogP contribution >= 0.6 is 24.4 Å². The molecule has 0 aromatic carbocycles. The Kier molecular flexibility index (Phi) is 13.9. The third kappa shape index (κ3) is 10.7. The zero-order valence-corrected chi connectivity index (χ0v) is 18.2. The van der Waals surface area contributed by atoms with Crippen molar-refractivity contribution >= 4 is 54.0 Å². The Morgan fingerprint density at radius 1 is 0.967 bits per heavy atom. The number of aliphatic hydroxyl groups is 1. The average molecular weight is 468 g/mol. The van der Waals surface area contributed by atoms with Crippen molar-refractivity contribution in [2.45, 2.75) is 43.4 Å². The van der Waals surface area contributed by atoms with Crippen molar-refractivity contribution in [3.63, 3.8) is 0 Å². The fourth-order valence-electron chi connectivity index (χ4n) is 2.15. The van der Waals surface area contributed by atoms with Gasteiger partial charge in [0.15, 0.2) is 0 Å².